The normalized spacial score (nSPS) is 10.1. The van der Waals surface area contributed by atoms with Crippen molar-refractivity contribution in [2.75, 3.05) is 13.3 Å². The van der Waals surface area contributed by atoms with E-state index < -0.39 is 0 Å². The first-order valence-electron chi connectivity index (χ1n) is 4.25. The Bertz CT molecular complexity index is 198. The molecule has 2 N–H and O–H groups in total. The van der Waals surface area contributed by atoms with Crippen molar-refractivity contribution in [1.29, 1.82) is 0 Å². The Hall–Kier alpha value is -0.860. The molecule has 0 heterocycles. The van der Waals surface area contributed by atoms with Crippen molar-refractivity contribution >= 4 is 0 Å². The summed E-state index contributed by atoms with van der Waals surface area (Å²) in [4.78, 5) is 0. The van der Waals surface area contributed by atoms with Crippen LogP contribution in [0.15, 0.2) is 30.3 Å². The molecule has 0 spiro atoms. The summed E-state index contributed by atoms with van der Waals surface area (Å²) in [5.41, 5.74) is 6.55. The molecule has 0 amide bonds. The SMILES string of the molecule is NCOCCCc1ccccc1. The Morgan fingerprint density at radius 3 is 2.58 bits per heavy atom. The van der Waals surface area contributed by atoms with Gasteiger partial charge in [0, 0.05) is 6.61 Å². The van der Waals surface area contributed by atoms with E-state index in [4.69, 9.17) is 10.5 Å². The molecule has 1 aromatic rings. The zero-order valence-electron chi connectivity index (χ0n) is 7.20. The molecule has 0 aromatic heterocycles. The summed E-state index contributed by atoms with van der Waals surface area (Å²) in [6, 6.07) is 10.4. The lowest BCUT2D eigenvalue weighted by Crippen LogP contribution is -2.06. The molecule has 1 rings (SSSR count). The fourth-order valence-corrected chi connectivity index (χ4v) is 1.11. The van der Waals surface area contributed by atoms with Gasteiger partial charge in [0.25, 0.3) is 0 Å². The van der Waals surface area contributed by atoms with Crippen LogP contribution in [0.25, 0.3) is 0 Å². The number of aryl methyl sites for hydroxylation is 1. The lowest BCUT2D eigenvalue weighted by atomic mass is 10.1. The Balaban J connectivity index is 2.16. The number of hydrogen-bond acceptors (Lipinski definition) is 2. The van der Waals surface area contributed by atoms with E-state index in [1.165, 1.54) is 5.56 Å². The second kappa shape index (κ2) is 5.75. The number of nitrogens with two attached hydrogens (primary N) is 1. The Kier molecular flexibility index (Phi) is 4.42. The summed E-state index contributed by atoms with van der Waals surface area (Å²) in [6.07, 6.45) is 2.11. The van der Waals surface area contributed by atoms with Gasteiger partial charge in [0.1, 0.15) is 0 Å². The van der Waals surface area contributed by atoms with E-state index in [0.29, 0.717) is 6.73 Å². The monoisotopic (exact) mass is 165 g/mol. The van der Waals surface area contributed by atoms with Crippen LogP contribution < -0.4 is 5.73 Å². The summed E-state index contributed by atoms with van der Waals surface area (Å²) < 4.78 is 5.03. The van der Waals surface area contributed by atoms with E-state index in [2.05, 4.69) is 24.3 Å². The molecule has 0 aliphatic carbocycles. The van der Waals surface area contributed by atoms with Gasteiger partial charge in [-0.1, -0.05) is 30.3 Å². The molecular formula is C10H15NO. The van der Waals surface area contributed by atoms with Crippen molar-refractivity contribution in [2.45, 2.75) is 12.8 Å². The molecule has 1 aromatic carbocycles. The molecular weight excluding hydrogens is 150 g/mol. The molecule has 0 aliphatic rings. The quantitative estimate of drug-likeness (QED) is 0.530. The molecule has 0 atom stereocenters. The van der Waals surface area contributed by atoms with Gasteiger partial charge in [-0.05, 0) is 18.4 Å². The number of benzene rings is 1. The summed E-state index contributed by atoms with van der Waals surface area (Å²) in [6.45, 7) is 1.08. The molecule has 0 saturated carbocycles. The first-order valence-corrected chi connectivity index (χ1v) is 4.25. The first-order chi connectivity index (χ1) is 5.93. The van der Waals surface area contributed by atoms with Crippen molar-refractivity contribution in [2.24, 2.45) is 5.73 Å². The maximum Gasteiger partial charge on any atom is 0.0940 e. The van der Waals surface area contributed by atoms with Gasteiger partial charge in [-0.3, -0.25) is 0 Å². The number of rotatable bonds is 5. The third-order valence-corrected chi connectivity index (χ3v) is 1.71. The third kappa shape index (κ3) is 3.51. The maximum absolute atomic E-state index is 5.19. The molecule has 66 valence electrons. The molecule has 0 bridgehead atoms. The fourth-order valence-electron chi connectivity index (χ4n) is 1.11. The lowest BCUT2D eigenvalue weighted by Gasteiger charge is -2.00. The number of hydrogen-bond donors (Lipinski definition) is 1. The van der Waals surface area contributed by atoms with Gasteiger partial charge in [-0.15, -0.1) is 0 Å². The largest absolute Gasteiger partial charge is 0.367 e. The van der Waals surface area contributed by atoms with Crippen LogP contribution in [0.5, 0.6) is 0 Å². The summed E-state index contributed by atoms with van der Waals surface area (Å²) in [5.74, 6) is 0. The Morgan fingerprint density at radius 1 is 1.17 bits per heavy atom. The summed E-state index contributed by atoms with van der Waals surface area (Å²) >= 11 is 0. The van der Waals surface area contributed by atoms with E-state index in [9.17, 15) is 0 Å². The van der Waals surface area contributed by atoms with Crippen LogP contribution in [0, 0.1) is 0 Å². The second-order valence-electron chi connectivity index (χ2n) is 2.66. The minimum absolute atomic E-state index is 0.328. The van der Waals surface area contributed by atoms with Crippen LogP contribution in [0.2, 0.25) is 0 Å². The molecule has 0 saturated heterocycles. The zero-order valence-corrected chi connectivity index (χ0v) is 7.20. The van der Waals surface area contributed by atoms with Crippen molar-refractivity contribution in [1.82, 2.24) is 0 Å². The van der Waals surface area contributed by atoms with E-state index >= 15 is 0 Å². The van der Waals surface area contributed by atoms with Crippen LogP contribution in [-0.2, 0) is 11.2 Å². The van der Waals surface area contributed by atoms with Crippen molar-refractivity contribution in [3.05, 3.63) is 35.9 Å². The van der Waals surface area contributed by atoms with Crippen LogP contribution in [0.1, 0.15) is 12.0 Å². The van der Waals surface area contributed by atoms with Crippen molar-refractivity contribution < 1.29 is 4.74 Å². The summed E-state index contributed by atoms with van der Waals surface area (Å²) in [5, 5.41) is 0. The van der Waals surface area contributed by atoms with Crippen molar-refractivity contribution in [3.8, 4) is 0 Å². The fraction of sp³-hybridized carbons (Fsp3) is 0.400. The van der Waals surface area contributed by atoms with E-state index in [1.807, 2.05) is 6.07 Å². The highest BCUT2D eigenvalue weighted by atomic mass is 16.5. The average molecular weight is 165 g/mol. The predicted octanol–water partition coefficient (Wildman–Crippen LogP) is 1.55. The highest BCUT2D eigenvalue weighted by Crippen LogP contribution is 2.01. The predicted molar refractivity (Wildman–Crippen MR) is 49.8 cm³/mol. The van der Waals surface area contributed by atoms with E-state index in [-0.39, 0.29) is 0 Å². The topological polar surface area (TPSA) is 35.2 Å². The molecule has 0 aliphatic heterocycles. The van der Waals surface area contributed by atoms with Gasteiger partial charge in [-0.25, -0.2) is 0 Å². The molecule has 0 radical (unpaired) electrons. The van der Waals surface area contributed by atoms with Crippen LogP contribution in [-0.4, -0.2) is 13.3 Å². The second-order valence-corrected chi connectivity index (χ2v) is 2.66. The third-order valence-electron chi connectivity index (χ3n) is 1.71. The first kappa shape index (κ1) is 9.23. The Morgan fingerprint density at radius 2 is 1.92 bits per heavy atom. The molecule has 0 fully saturated rings. The van der Waals surface area contributed by atoms with Gasteiger partial charge in [0.05, 0.1) is 6.73 Å². The van der Waals surface area contributed by atoms with Crippen molar-refractivity contribution in [3.63, 3.8) is 0 Å². The van der Waals surface area contributed by atoms with E-state index in [0.717, 1.165) is 19.4 Å². The van der Waals surface area contributed by atoms with Gasteiger partial charge >= 0.3 is 0 Å². The smallest absolute Gasteiger partial charge is 0.0940 e. The molecule has 2 heteroatoms. The van der Waals surface area contributed by atoms with Crippen LogP contribution in [0.3, 0.4) is 0 Å². The van der Waals surface area contributed by atoms with Crippen LogP contribution in [0.4, 0.5) is 0 Å². The average Bonchev–Trinajstić information content (AvgIpc) is 2.14. The lowest BCUT2D eigenvalue weighted by molar-refractivity contribution is 0.138. The minimum atomic E-state index is 0.328. The molecule has 0 unspecified atom stereocenters. The minimum Gasteiger partial charge on any atom is -0.367 e. The standard InChI is InChI=1S/C10H15NO/c11-9-12-8-4-7-10-5-2-1-3-6-10/h1-3,5-6H,4,7-9,11H2. The molecule has 12 heavy (non-hydrogen) atoms. The highest BCUT2D eigenvalue weighted by molar-refractivity contribution is 5.14. The van der Waals surface area contributed by atoms with Gasteiger partial charge in [0.15, 0.2) is 0 Å². The highest BCUT2D eigenvalue weighted by Gasteiger charge is 1.90. The van der Waals surface area contributed by atoms with Gasteiger partial charge in [0.2, 0.25) is 0 Å². The van der Waals surface area contributed by atoms with E-state index in [1.54, 1.807) is 0 Å². The van der Waals surface area contributed by atoms with Gasteiger partial charge < -0.3 is 10.5 Å². The zero-order chi connectivity index (χ0) is 8.65. The van der Waals surface area contributed by atoms with Gasteiger partial charge in [-0.2, -0.15) is 0 Å². The summed E-state index contributed by atoms with van der Waals surface area (Å²) in [7, 11) is 0. The number of ether oxygens (including phenoxy) is 1. The molecule has 2 nitrogen and oxygen atoms in total. The maximum atomic E-state index is 5.19. The van der Waals surface area contributed by atoms with Crippen LogP contribution >= 0.6 is 0 Å². The Labute approximate surface area is 73.3 Å².